The molecule has 0 N–H and O–H groups in total. The van der Waals surface area contributed by atoms with E-state index in [2.05, 4.69) is 127 Å². The Morgan fingerprint density at radius 3 is 1.66 bits per heavy atom. The summed E-state index contributed by atoms with van der Waals surface area (Å²) in [6, 6.07) is 65.6. The Balaban J connectivity index is 1.04. The minimum atomic E-state index is 0.623. The zero-order valence-electron chi connectivity index (χ0n) is 30.1. The molecule has 3 aromatic heterocycles. The van der Waals surface area contributed by atoms with Gasteiger partial charge in [0.15, 0.2) is 17.5 Å². The summed E-state index contributed by atoms with van der Waals surface area (Å²) in [6.45, 7) is 0. The number of fused-ring (bicyclic) bond motifs is 6. The van der Waals surface area contributed by atoms with Crippen molar-refractivity contribution in [2.45, 2.75) is 0 Å². The second-order valence-electron chi connectivity index (χ2n) is 13.9. The van der Waals surface area contributed by atoms with Crippen molar-refractivity contribution in [3.05, 3.63) is 188 Å². The van der Waals surface area contributed by atoms with Crippen molar-refractivity contribution in [3.8, 4) is 67.5 Å². The second kappa shape index (κ2) is 13.3. The summed E-state index contributed by atoms with van der Waals surface area (Å²) in [5, 5.41) is 4.74. The van der Waals surface area contributed by atoms with Crippen LogP contribution in [0.1, 0.15) is 0 Å². The number of furan rings is 1. The Labute approximate surface area is 327 Å². The van der Waals surface area contributed by atoms with Crippen LogP contribution in [0.2, 0.25) is 0 Å². The molecule has 8 aromatic carbocycles. The molecule has 3 heterocycles. The maximum absolute atomic E-state index is 6.67. The highest BCUT2D eigenvalue weighted by atomic mass is 32.1. The third-order valence-corrected chi connectivity index (χ3v) is 11.8. The van der Waals surface area contributed by atoms with E-state index in [1.54, 1.807) is 0 Å². The number of aromatic nitrogens is 3. The lowest BCUT2D eigenvalue weighted by atomic mass is 9.92. The molecule has 56 heavy (non-hydrogen) atoms. The van der Waals surface area contributed by atoms with Crippen LogP contribution in [0, 0.1) is 0 Å². The molecule has 0 fully saturated rings. The van der Waals surface area contributed by atoms with Crippen LogP contribution in [-0.4, -0.2) is 15.0 Å². The fraction of sp³-hybridized carbons (Fsp3) is 0. The molecule has 5 heteroatoms. The van der Waals surface area contributed by atoms with Gasteiger partial charge in [-0.1, -0.05) is 158 Å². The number of thiophene rings is 1. The van der Waals surface area contributed by atoms with Gasteiger partial charge < -0.3 is 4.42 Å². The van der Waals surface area contributed by atoms with E-state index in [0.29, 0.717) is 17.5 Å². The summed E-state index contributed by atoms with van der Waals surface area (Å²) in [5.41, 5.74) is 11.4. The van der Waals surface area contributed by atoms with E-state index in [-0.39, 0.29) is 0 Å². The first-order chi connectivity index (χ1) is 27.7. The summed E-state index contributed by atoms with van der Waals surface area (Å²) < 4.78 is 9.27. The largest absolute Gasteiger partial charge is 0.456 e. The van der Waals surface area contributed by atoms with Crippen molar-refractivity contribution in [2.24, 2.45) is 0 Å². The third kappa shape index (κ3) is 5.48. The lowest BCUT2D eigenvalue weighted by molar-refractivity contribution is 0.669. The SMILES string of the molecule is c1ccc(-c2nc(-c3ccccc3)nc(-c3cccc(-c4cccc5oc6cc(-c7ccc8c(sc9ccccc98)c7-c7ccccc7)ccc6c45)c3)n2)cc1. The number of hydrogen-bond acceptors (Lipinski definition) is 5. The van der Waals surface area contributed by atoms with E-state index >= 15 is 0 Å². The molecule has 0 aliphatic heterocycles. The standard InChI is InChI=1S/C51H31N3OS/c1-4-14-32(15-5-1)46-39(28-29-41-40-22-10-11-25-45(40)56-48(41)46)36-26-27-42-44(31-36)55-43-24-13-23-38(47(42)43)35-20-12-21-37(30-35)51-53-49(33-16-6-2-7-17-33)52-50(54-51)34-18-8-3-9-19-34/h1-31H. The average molecular weight is 734 g/mol. The Kier molecular flexibility index (Phi) is 7.64. The van der Waals surface area contributed by atoms with Gasteiger partial charge in [0.2, 0.25) is 0 Å². The first kappa shape index (κ1) is 32.2. The predicted molar refractivity (Wildman–Crippen MR) is 233 cm³/mol. The molecule has 0 unspecified atom stereocenters. The van der Waals surface area contributed by atoms with Crippen LogP contribution in [0.25, 0.3) is 110 Å². The average Bonchev–Trinajstić information content (AvgIpc) is 3.85. The molecular formula is C51H31N3OS. The highest BCUT2D eigenvalue weighted by Crippen LogP contribution is 2.46. The zero-order chi connectivity index (χ0) is 37.0. The maximum atomic E-state index is 6.67. The van der Waals surface area contributed by atoms with Gasteiger partial charge in [-0.2, -0.15) is 0 Å². The molecule has 0 saturated heterocycles. The van der Waals surface area contributed by atoms with Crippen molar-refractivity contribution >= 4 is 53.4 Å². The van der Waals surface area contributed by atoms with E-state index in [1.807, 2.05) is 72.0 Å². The Bertz CT molecular complexity index is 3180. The topological polar surface area (TPSA) is 51.8 Å². The molecule has 0 spiro atoms. The van der Waals surface area contributed by atoms with Crippen LogP contribution in [0.15, 0.2) is 192 Å². The Hall–Kier alpha value is -7.21. The molecule has 0 bridgehead atoms. The van der Waals surface area contributed by atoms with Crippen molar-refractivity contribution in [1.29, 1.82) is 0 Å². The molecule has 0 aliphatic carbocycles. The van der Waals surface area contributed by atoms with Gasteiger partial charge in [-0.3, -0.25) is 0 Å². The minimum absolute atomic E-state index is 0.623. The fourth-order valence-corrected chi connectivity index (χ4v) is 9.19. The molecule has 262 valence electrons. The summed E-state index contributed by atoms with van der Waals surface area (Å²) in [5.74, 6) is 1.90. The van der Waals surface area contributed by atoms with Gasteiger partial charge in [0.05, 0.1) is 0 Å². The Morgan fingerprint density at radius 1 is 0.357 bits per heavy atom. The highest BCUT2D eigenvalue weighted by molar-refractivity contribution is 7.26. The van der Waals surface area contributed by atoms with Crippen LogP contribution in [-0.2, 0) is 0 Å². The molecule has 0 radical (unpaired) electrons. The molecule has 0 saturated carbocycles. The predicted octanol–water partition coefficient (Wildman–Crippen LogP) is 14.1. The maximum Gasteiger partial charge on any atom is 0.164 e. The zero-order valence-corrected chi connectivity index (χ0v) is 30.9. The third-order valence-electron chi connectivity index (χ3n) is 10.5. The van der Waals surface area contributed by atoms with Crippen molar-refractivity contribution in [3.63, 3.8) is 0 Å². The summed E-state index contributed by atoms with van der Waals surface area (Å²) in [4.78, 5) is 14.9. The number of benzene rings is 8. The van der Waals surface area contributed by atoms with Gasteiger partial charge in [-0.15, -0.1) is 11.3 Å². The van der Waals surface area contributed by atoms with Gasteiger partial charge >= 0.3 is 0 Å². The van der Waals surface area contributed by atoms with Gasteiger partial charge in [0.25, 0.3) is 0 Å². The minimum Gasteiger partial charge on any atom is -0.456 e. The number of nitrogens with zero attached hydrogens (tertiary/aromatic N) is 3. The quantitative estimate of drug-likeness (QED) is 0.171. The van der Waals surface area contributed by atoms with E-state index in [9.17, 15) is 0 Å². The Morgan fingerprint density at radius 2 is 0.929 bits per heavy atom. The molecule has 11 rings (SSSR count). The van der Waals surface area contributed by atoms with E-state index in [1.165, 1.54) is 36.9 Å². The lowest BCUT2D eigenvalue weighted by Crippen LogP contribution is -2.00. The van der Waals surface area contributed by atoms with Crippen LogP contribution in [0.4, 0.5) is 0 Å². The smallest absolute Gasteiger partial charge is 0.164 e. The van der Waals surface area contributed by atoms with Crippen LogP contribution >= 0.6 is 11.3 Å². The van der Waals surface area contributed by atoms with Gasteiger partial charge in [0.1, 0.15) is 11.2 Å². The number of rotatable bonds is 6. The second-order valence-corrected chi connectivity index (χ2v) is 15.0. The monoisotopic (exact) mass is 733 g/mol. The van der Waals surface area contributed by atoms with Crippen molar-refractivity contribution in [2.75, 3.05) is 0 Å². The van der Waals surface area contributed by atoms with Gasteiger partial charge in [0, 0.05) is 53.2 Å². The molecule has 0 atom stereocenters. The van der Waals surface area contributed by atoms with E-state index in [4.69, 9.17) is 19.4 Å². The molecule has 4 nitrogen and oxygen atoms in total. The van der Waals surface area contributed by atoms with Gasteiger partial charge in [-0.05, 0) is 58.1 Å². The molecule has 11 aromatic rings. The highest BCUT2D eigenvalue weighted by Gasteiger charge is 2.19. The summed E-state index contributed by atoms with van der Waals surface area (Å²) in [6.07, 6.45) is 0. The van der Waals surface area contributed by atoms with Crippen LogP contribution in [0.5, 0.6) is 0 Å². The summed E-state index contributed by atoms with van der Waals surface area (Å²) in [7, 11) is 0. The normalized spacial score (nSPS) is 11.6. The molecular weight excluding hydrogens is 703 g/mol. The first-order valence-corrected chi connectivity index (χ1v) is 19.5. The number of hydrogen-bond donors (Lipinski definition) is 0. The van der Waals surface area contributed by atoms with Crippen LogP contribution < -0.4 is 0 Å². The first-order valence-electron chi connectivity index (χ1n) is 18.7. The van der Waals surface area contributed by atoms with Crippen LogP contribution in [0.3, 0.4) is 0 Å². The fourth-order valence-electron chi connectivity index (χ4n) is 7.92. The van der Waals surface area contributed by atoms with Crippen molar-refractivity contribution in [1.82, 2.24) is 15.0 Å². The molecule has 0 aliphatic rings. The lowest BCUT2D eigenvalue weighted by Gasteiger charge is -2.12. The van der Waals surface area contributed by atoms with Gasteiger partial charge in [-0.25, -0.2) is 15.0 Å². The summed E-state index contributed by atoms with van der Waals surface area (Å²) >= 11 is 1.86. The van der Waals surface area contributed by atoms with E-state index in [0.717, 1.165) is 55.3 Å². The van der Waals surface area contributed by atoms with E-state index < -0.39 is 0 Å². The molecule has 0 amide bonds. The van der Waals surface area contributed by atoms with Crippen molar-refractivity contribution < 1.29 is 4.42 Å².